The number of benzene rings is 2. The molecule has 396 valence electrons. The van der Waals surface area contributed by atoms with Crippen LogP contribution in [0.3, 0.4) is 0 Å². The molecule has 6 unspecified atom stereocenters. The fraction of sp³-hybridized carbons (Fsp3) is 0.661. The van der Waals surface area contributed by atoms with Crippen molar-refractivity contribution in [2.24, 2.45) is 11.8 Å². The van der Waals surface area contributed by atoms with Gasteiger partial charge in [0.25, 0.3) is 0 Å². The molecule has 14 heteroatoms. The quantitative estimate of drug-likeness (QED) is 0.0626. The van der Waals surface area contributed by atoms with Crippen molar-refractivity contribution in [1.29, 1.82) is 0 Å². The van der Waals surface area contributed by atoms with Gasteiger partial charge in [-0.15, -0.1) is 0 Å². The number of carbonyl (C=O) groups excluding carboxylic acids is 1. The van der Waals surface area contributed by atoms with Gasteiger partial charge in [0.2, 0.25) is 0 Å². The first-order valence-corrected chi connectivity index (χ1v) is 35.1. The molecule has 0 saturated carbocycles. The van der Waals surface area contributed by atoms with Gasteiger partial charge in [0.1, 0.15) is 31.0 Å². The first-order chi connectivity index (χ1) is 32.5. The summed E-state index contributed by atoms with van der Waals surface area (Å²) in [7, 11) is -6.05. The first-order valence-electron chi connectivity index (χ1n) is 25.7. The molecule has 2 saturated heterocycles. The van der Waals surface area contributed by atoms with Gasteiger partial charge in [-0.3, -0.25) is 0 Å². The van der Waals surface area contributed by atoms with Crippen molar-refractivity contribution in [1.82, 2.24) is 0 Å². The third-order valence-corrected chi connectivity index (χ3v) is 28.8. The van der Waals surface area contributed by atoms with Crippen molar-refractivity contribution in [3.05, 3.63) is 95.0 Å². The topological polar surface area (TPSA) is 102 Å². The van der Waals surface area contributed by atoms with E-state index in [-0.39, 0.29) is 57.5 Å². The molecule has 2 aliphatic rings. The Morgan fingerprint density at radius 3 is 1.54 bits per heavy atom. The van der Waals surface area contributed by atoms with Gasteiger partial charge >= 0.3 is 0 Å². The van der Waals surface area contributed by atoms with E-state index in [4.69, 9.17) is 55.4 Å². The van der Waals surface area contributed by atoms with Gasteiger partial charge in [-0.05, 0) is 116 Å². The summed E-state index contributed by atoms with van der Waals surface area (Å²) >= 11 is 12.3. The second-order valence-electron chi connectivity index (χ2n) is 23.6. The number of halogens is 2. The molecule has 70 heavy (non-hydrogen) atoms. The smallest absolute Gasteiger partial charge is 0.193 e. The average molecular weight is 1060 g/mol. The van der Waals surface area contributed by atoms with Gasteiger partial charge in [0.05, 0.1) is 49.8 Å². The molecule has 2 heterocycles. The zero-order chi connectivity index (χ0) is 52.6. The van der Waals surface area contributed by atoms with Crippen LogP contribution in [0.4, 0.5) is 0 Å². The normalized spacial score (nSPS) is 22.7. The number of rotatable bonds is 24. The van der Waals surface area contributed by atoms with Crippen molar-refractivity contribution in [3.63, 3.8) is 0 Å². The predicted octanol–water partition coefficient (Wildman–Crippen LogP) is 15.2. The molecule has 0 aromatic heterocycles. The van der Waals surface area contributed by atoms with Crippen molar-refractivity contribution in [3.8, 4) is 11.5 Å². The Labute approximate surface area is 437 Å². The molecule has 9 nitrogen and oxygen atoms in total. The lowest BCUT2D eigenvalue weighted by atomic mass is 9.93. The van der Waals surface area contributed by atoms with Gasteiger partial charge in [0, 0.05) is 28.3 Å². The molecule has 0 radical (unpaired) electrons. The fourth-order valence-corrected chi connectivity index (χ4v) is 11.6. The largest absolute Gasteiger partial charge is 0.491 e. The van der Waals surface area contributed by atoms with Crippen LogP contribution in [-0.2, 0) is 27.5 Å². The fourth-order valence-electron chi connectivity index (χ4n) is 7.38. The first kappa shape index (κ1) is 62.2. The van der Waals surface area contributed by atoms with Crippen LogP contribution in [0.1, 0.15) is 108 Å². The molecule has 2 aromatic carbocycles. The lowest BCUT2D eigenvalue weighted by Crippen LogP contribution is -2.46. The van der Waals surface area contributed by atoms with Crippen LogP contribution in [0.2, 0.25) is 64.4 Å². The molecule has 8 atom stereocenters. The molecular formula is C56H92Cl2O9Si3. The maximum absolute atomic E-state index is 11.2. The summed E-state index contributed by atoms with van der Waals surface area (Å²) in [5.41, 5.74) is 0. The van der Waals surface area contributed by atoms with Crippen molar-refractivity contribution < 1.29 is 42.1 Å². The molecule has 1 N–H and O–H groups in total. The van der Waals surface area contributed by atoms with Gasteiger partial charge < -0.3 is 42.1 Å². The molecule has 0 bridgehead atoms. The summed E-state index contributed by atoms with van der Waals surface area (Å²) in [5, 5.41) is 12.0. The number of aldehydes is 1. The number of allylic oxidation sites excluding steroid dienone is 2. The van der Waals surface area contributed by atoms with Gasteiger partial charge in [0.15, 0.2) is 25.0 Å². The predicted molar refractivity (Wildman–Crippen MR) is 299 cm³/mol. The molecule has 0 spiro atoms. The minimum absolute atomic E-state index is 0.0158. The SMILES string of the molecule is CC(C)(C)[Si](C)(C)OC(/C=C/[C@H]1OCC(O[Si](C)(C)C(C)(C)C)C1CCC=O)COc1cccc(Cl)c1.CCC/C=C\CCC1C(O)CO[C@@H]1/C=C/C(COc1cccc(Cl)c1)O[Si](C)(C)C(C)(C)C. The molecule has 0 aliphatic carbocycles. The third kappa shape index (κ3) is 20.3. The number of aliphatic hydroxyl groups excluding tert-OH is 1. The summed E-state index contributed by atoms with van der Waals surface area (Å²) in [4.78, 5) is 11.2. The lowest BCUT2D eigenvalue weighted by Gasteiger charge is -2.39. The van der Waals surface area contributed by atoms with Gasteiger partial charge in [-0.2, -0.15) is 0 Å². The highest BCUT2D eigenvalue weighted by molar-refractivity contribution is 6.75. The zero-order valence-electron chi connectivity index (χ0n) is 45.8. The number of aliphatic hydroxyl groups is 1. The number of hydrogen-bond donors (Lipinski definition) is 1. The molecule has 2 fully saturated rings. The molecule has 0 amide bonds. The van der Waals surface area contributed by atoms with Crippen LogP contribution in [0.15, 0.2) is 85.0 Å². The maximum atomic E-state index is 11.2. The van der Waals surface area contributed by atoms with Crippen LogP contribution in [0.25, 0.3) is 0 Å². The maximum Gasteiger partial charge on any atom is 0.193 e. The Kier molecular flexibility index (Phi) is 24.9. The van der Waals surface area contributed by atoms with Crippen LogP contribution in [0, 0.1) is 11.8 Å². The van der Waals surface area contributed by atoms with Gasteiger partial charge in [-0.1, -0.05) is 147 Å². The van der Waals surface area contributed by atoms with E-state index in [0.717, 1.165) is 44.1 Å². The molecule has 2 aromatic rings. The van der Waals surface area contributed by atoms with Crippen LogP contribution >= 0.6 is 23.2 Å². The van der Waals surface area contributed by atoms with E-state index in [1.165, 1.54) is 0 Å². The standard InChI is InChI=1S/C29H49ClO5Si2.C27H43ClO4Si/c1-28(2,3)36(7,8)34-24(20-32-23-14-11-13-22(30)19-23)16-17-26-25(15-12-18-31)27(21-33-26)35-37(9,10)29(4,5)6;1-7-8-9-10-11-15-24-25(29)20-31-26(24)17-16-23(32-33(5,6)27(2,3)4)19-30-22-14-12-13-21(28)18-22/h11,13-14,16-19,24-27H,12,15,20-21H2,1-10H3;9-10,12-14,16-18,23-26,29H,7-8,11,15,19-20H2,1-6H3/b17-16+;10-9-,17-16+/t24?,25?,26-,27?;23?,24?,25?,26-/m11/s1. The molecular weight excluding hydrogens is 972 g/mol. The second-order valence-corrected chi connectivity index (χ2v) is 38.8. The Balaban J connectivity index is 0.000000373. The number of hydrogen-bond acceptors (Lipinski definition) is 9. The Morgan fingerprint density at radius 2 is 1.10 bits per heavy atom. The summed E-state index contributed by atoms with van der Waals surface area (Å²) in [6.45, 7) is 37.5. The number of ether oxygens (including phenoxy) is 4. The molecule has 2 aliphatic heterocycles. The minimum atomic E-state index is -2.06. The van der Waals surface area contributed by atoms with E-state index in [1.54, 1.807) is 0 Å². The number of unbranched alkanes of at least 4 members (excludes halogenated alkanes) is 1. The van der Waals surface area contributed by atoms with Crippen molar-refractivity contribution in [2.45, 2.75) is 199 Å². The highest BCUT2D eigenvalue weighted by Gasteiger charge is 2.45. The van der Waals surface area contributed by atoms with Crippen LogP contribution < -0.4 is 9.47 Å². The summed E-state index contributed by atoms with van der Waals surface area (Å²) in [6, 6.07) is 14.8. The monoisotopic (exact) mass is 1060 g/mol. The van der Waals surface area contributed by atoms with Crippen LogP contribution in [-0.4, -0.2) is 99.4 Å². The van der Waals surface area contributed by atoms with E-state index in [0.29, 0.717) is 48.6 Å². The second kappa shape index (κ2) is 28.0. The Morgan fingerprint density at radius 1 is 0.657 bits per heavy atom. The lowest BCUT2D eigenvalue weighted by molar-refractivity contribution is -0.108. The average Bonchev–Trinajstić information content (AvgIpc) is 3.80. The van der Waals surface area contributed by atoms with E-state index >= 15 is 0 Å². The Hall–Kier alpha value is -2.08. The highest BCUT2D eigenvalue weighted by atomic mass is 35.5. The third-order valence-electron chi connectivity index (χ3n) is 14.8. The van der Waals surface area contributed by atoms with Crippen molar-refractivity contribution in [2.75, 3.05) is 26.4 Å². The summed E-state index contributed by atoms with van der Waals surface area (Å²) in [5.74, 6) is 1.66. The summed E-state index contributed by atoms with van der Waals surface area (Å²) in [6.07, 6.45) is 18.0. The van der Waals surface area contributed by atoms with E-state index in [2.05, 4.69) is 145 Å². The van der Waals surface area contributed by atoms with Gasteiger partial charge in [-0.25, -0.2) is 0 Å². The minimum Gasteiger partial charge on any atom is -0.491 e. The van der Waals surface area contributed by atoms with E-state index in [1.807, 2.05) is 48.5 Å². The van der Waals surface area contributed by atoms with Crippen LogP contribution in [0.5, 0.6) is 11.5 Å². The number of carbonyl (C=O) groups is 1. The zero-order valence-corrected chi connectivity index (χ0v) is 50.3. The Bertz CT molecular complexity index is 1950. The highest BCUT2D eigenvalue weighted by Crippen LogP contribution is 2.42. The summed E-state index contributed by atoms with van der Waals surface area (Å²) < 4.78 is 44.5. The van der Waals surface area contributed by atoms with E-state index < -0.39 is 31.1 Å². The van der Waals surface area contributed by atoms with E-state index in [9.17, 15) is 9.90 Å². The molecule has 4 rings (SSSR count). The van der Waals surface area contributed by atoms with Crippen molar-refractivity contribution >= 4 is 54.4 Å².